The minimum Gasteiger partial charge on any atom is -0.494 e. The Bertz CT molecular complexity index is 459. The number of piperazine rings is 1. The van der Waals surface area contributed by atoms with Gasteiger partial charge in [-0.1, -0.05) is 25.5 Å². The lowest BCUT2D eigenvalue weighted by Gasteiger charge is -2.43. The lowest BCUT2D eigenvalue weighted by molar-refractivity contribution is 0.0470. The average Bonchev–Trinajstić information content (AvgIpc) is 3.01. The number of fused-ring (bicyclic) bond motifs is 1. The van der Waals surface area contributed by atoms with Crippen molar-refractivity contribution >= 4 is 0 Å². The minimum atomic E-state index is 0.678. The second kappa shape index (κ2) is 7.47. The molecular formula is C19H30N2O. The molecule has 0 unspecified atom stereocenters. The zero-order valence-corrected chi connectivity index (χ0v) is 14.1. The second-order valence-corrected chi connectivity index (χ2v) is 6.80. The summed E-state index contributed by atoms with van der Waals surface area (Å²) >= 11 is 0. The van der Waals surface area contributed by atoms with Crippen LogP contribution in [-0.2, 0) is 6.54 Å². The van der Waals surface area contributed by atoms with E-state index in [-0.39, 0.29) is 0 Å². The number of unbranched alkanes of at least 4 members (excludes halogenated alkanes) is 1. The Kier molecular flexibility index (Phi) is 5.37. The van der Waals surface area contributed by atoms with Gasteiger partial charge in [-0.25, -0.2) is 0 Å². The monoisotopic (exact) mass is 302 g/mol. The molecule has 0 spiro atoms. The summed E-state index contributed by atoms with van der Waals surface area (Å²) in [6, 6.07) is 10.2. The lowest BCUT2D eigenvalue weighted by Crippen LogP contribution is -2.55. The predicted octanol–water partition coefficient (Wildman–Crippen LogP) is 3.53. The van der Waals surface area contributed by atoms with Gasteiger partial charge in [-0.2, -0.15) is 0 Å². The van der Waals surface area contributed by atoms with Crippen LogP contribution >= 0.6 is 0 Å². The van der Waals surface area contributed by atoms with Crippen molar-refractivity contribution in [3.05, 3.63) is 29.8 Å². The third-order valence-corrected chi connectivity index (χ3v) is 5.30. The zero-order valence-electron chi connectivity index (χ0n) is 14.1. The topological polar surface area (TPSA) is 15.7 Å². The molecule has 122 valence electrons. The van der Waals surface area contributed by atoms with Crippen molar-refractivity contribution in [2.24, 2.45) is 0 Å². The molecule has 22 heavy (non-hydrogen) atoms. The van der Waals surface area contributed by atoms with Crippen LogP contribution in [0.25, 0.3) is 0 Å². The molecule has 2 saturated heterocycles. The zero-order chi connectivity index (χ0) is 15.4. The van der Waals surface area contributed by atoms with Gasteiger partial charge in [0.2, 0.25) is 0 Å². The first kappa shape index (κ1) is 15.8. The van der Waals surface area contributed by atoms with Gasteiger partial charge < -0.3 is 4.74 Å². The summed E-state index contributed by atoms with van der Waals surface area (Å²) in [5.74, 6) is 1.01. The normalized spacial score (nSPS) is 26.1. The summed E-state index contributed by atoms with van der Waals surface area (Å²) in [7, 11) is 0. The van der Waals surface area contributed by atoms with Gasteiger partial charge in [-0.05, 0) is 50.4 Å². The molecule has 0 aromatic heterocycles. The van der Waals surface area contributed by atoms with Crippen LogP contribution in [0.15, 0.2) is 24.3 Å². The predicted molar refractivity (Wildman–Crippen MR) is 91.3 cm³/mol. The highest BCUT2D eigenvalue weighted by atomic mass is 16.5. The van der Waals surface area contributed by atoms with Gasteiger partial charge >= 0.3 is 0 Å². The Morgan fingerprint density at radius 3 is 2.73 bits per heavy atom. The fraction of sp³-hybridized carbons (Fsp3) is 0.684. The Labute approximate surface area is 135 Å². The summed E-state index contributed by atoms with van der Waals surface area (Å²) in [5, 5.41) is 0. The molecule has 0 aliphatic carbocycles. The highest BCUT2D eigenvalue weighted by molar-refractivity contribution is 5.27. The summed E-state index contributed by atoms with van der Waals surface area (Å²) in [6.45, 7) is 10.3. The maximum absolute atomic E-state index is 5.75. The van der Waals surface area contributed by atoms with E-state index in [0.717, 1.165) is 31.4 Å². The summed E-state index contributed by atoms with van der Waals surface area (Å²) in [5.41, 5.74) is 1.40. The molecule has 0 radical (unpaired) electrons. The SMILES string of the molecule is CCCCOc1ccc(CN2CCN3CCC[C@H]3[C@H]2C)cc1. The van der Waals surface area contributed by atoms with Crippen molar-refractivity contribution in [1.82, 2.24) is 9.80 Å². The Balaban J connectivity index is 1.54. The molecule has 3 rings (SSSR count). The second-order valence-electron chi connectivity index (χ2n) is 6.80. The third-order valence-electron chi connectivity index (χ3n) is 5.30. The van der Waals surface area contributed by atoms with Crippen molar-refractivity contribution in [3.8, 4) is 5.75 Å². The van der Waals surface area contributed by atoms with E-state index < -0.39 is 0 Å². The molecule has 2 aliphatic heterocycles. The fourth-order valence-electron chi connectivity index (χ4n) is 3.86. The van der Waals surface area contributed by atoms with Gasteiger partial charge in [0.1, 0.15) is 5.75 Å². The number of ether oxygens (including phenoxy) is 1. The van der Waals surface area contributed by atoms with Crippen molar-refractivity contribution in [2.45, 2.75) is 58.2 Å². The van der Waals surface area contributed by atoms with Gasteiger partial charge in [0.15, 0.2) is 0 Å². The van der Waals surface area contributed by atoms with Crippen LogP contribution in [0.1, 0.15) is 45.1 Å². The van der Waals surface area contributed by atoms with Crippen LogP contribution in [0, 0.1) is 0 Å². The van der Waals surface area contributed by atoms with E-state index in [1.54, 1.807) is 0 Å². The van der Waals surface area contributed by atoms with Gasteiger partial charge in [0, 0.05) is 31.7 Å². The highest BCUT2D eigenvalue weighted by Crippen LogP contribution is 2.27. The molecule has 1 aromatic carbocycles. The fourth-order valence-corrected chi connectivity index (χ4v) is 3.86. The van der Waals surface area contributed by atoms with Crippen molar-refractivity contribution in [2.75, 3.05) is 26.2 Å². The molecule has 2 heterocycles. The largest absolute Gasteiger partial charge is 0.494 e. The van der Waals surface area contributed by atoms with E-state index in [1.807, 2.05) is 0 Å². The van der Waals surface area contributed by atoms with Crippen LogP contribution in [-0.4, -0.2) is 48.1 Å². The Hall–Kier alpha value is -1.06. The summed E-state index contributed by atoms with van der Waals surface area (Å²) in [6.07, 6.45) is 5.07. The van der Waals surface area contributed by atoms with E-state index in [4.69, 9.17) is 4.74 Å². The first-order valence-electron chi connectivity index (χ1n) is 8.98. The van der Waals surface area contributed by atoms with Gasteiger partial charge in [-0.15, -0.1) is 0 Å². The molecule has 3 heteroatoms. The molecule has 2 atom stereocenters. The molecule has 2 aliphatic rings. The van der Waals surface area contributed by atoms with Crippen molar-refractivity contribution in [3.63, 3.8) is 0 Å². The van der Waals surface area contributed by atoms with Gasteiger partial charge in [0.05, 0.1) is 6.61 Å². The molecule has 2 fully saturated rings. The first-order valence-corrected chi connectivity index (χ1v) is 8.98. The van der Waals surface area contributed by atoms with E-state index in [1.165, 1.54) is 44.5 Å². The number of rotatable bonds is 6. The Morgan fingerprint density at radius 2 is 1.95 bits per heavy atom. The van der Waals surface area contributed by atoms with Gasteiger partial charge in [-0.3, -0.25) is 9.80 Å². The minimum absolute atomic E-state index is 0.678. The molecule has 0 bridgehead atoms. The quantitative estimate of drug-likeness (QED) is 0.748. The average molecular weight is 302 g/mol. The van der Waals surface area contributed by atoms with Crippen molar-refractivity contribution < 1.29 is 4.74 Å². The van der Waals surface area contributed by atoms with Crippen molar-refractivity contribution in [1.29, 1.82) is 0 Å². The van der Waals surface area contributed by atoms with E-state index in [2.05, 4.69) is 47.9 Å². The molecule has 3 nitrogen and oxygen atoms in total. The third kappa shape index (κ3) is 3.64. The maximum Gasteiger partial charge on any atom is 0.119 e. The van der Waals surface area contributed by atoms with Crippen LogP contribution in [0.4, 0.5) is 0 Å². The number of hydrogen-bond acceptors (Lipinski definition) is 3. The molecule has 0 saturated carbocycles. The maximum atomic E-state index is 5.75. The van der Waals surface area contributed by atoms with E-state index in [0.29, 0.717) is 6.04 Å². The smallest absolute Gasteiger partial charge is 0.119 e. The standard InChI is InChI=1S/C19H30N2O/c1-3-4-14-22-18-9-7-17(8-10-18)15-21-13-12-20-11-5-6-19(20)16(21)2/h7-10,16,19H,3-6,11-15H2,1-2H3/t16-,19+/m1/s1. The summed E-state index contributed by atoms with van der Waals surface area (Å²) < 4.78 is 5.75. The number of nitrogens with zero attached hydrogens (tertiary/aromatic N) is 2. The Morgan fingerprint density at radius 1 is 1.14 bits per heavy atom. The highest BCUT2D eigenvalue weighted by Gasteiger charge is 2.36. The molecule has 0 amide bonds. The molecule has 0 N–H and O–H groups in total. The number of hydrogen-bond donors (Lipinski definition) is 0. The van der Waals surface area contributed by atoms with E-state index in [9.17, 15) is 0 Å². The molecular weight excluding hydrogens is 272 g/mol. The number of benzene rings is 1. The van der Waals surface area contributed by atoms with Crippen LogP contribution in [0.2, 0.25) is 0 Å². The van der Waals surface area contributed by atoms with Gasteiger partial charge in [0.25, 0.3) is 0 Å². The van der Waals surface area contributed by atoms with Crippen LogP contribution in [0.5, 0.6) is 5.75 Å². The first-order chi connectivity index (χ1) is 10.8. The lowest BCUT2D eigenvalue weighted by atomic mass is 10.0. The molecule has 1 aromatic rings. The van der Waals surface area contributed by atoms with E-state index >= 15 is 0 Å². The van der Waals surface area contributed by atoms with Crippen LogP contribution < -0.4 is 4.74 Å². The summed E-state index contributed by atoms with van der Waals surface area (Å²) in [4.78, 5) is 5.34. The van der Waals surface area contributed by atoms with Crippen LogP contribution in [0.3, 0.4) is 0 Å².